The number of allylic oxidation sites excluding steroid dienone is 6. The summed E-state index contributed by atoms with van der Waals surface area (Å²) >= 11 is 0. The molecule has 0 radical (unpaired) electrons. The lowest BCUT2D eigenvalue weighted by Gasteiger charge is -2.21. The van der Waals surface area contributed by atoms with E-state index in [1.54, 1.807) is 11.1 Å². The minimum Gasteiger partial charge on any atom is -0.0853 e. The molecule has 0 spiro atoms. The van der Waals surface area contributed by atoms with E-state index in [1.807, 2.05) is 0 Å². The van der Waals surface area contributed by atoms with Gasteiger partial charge in [0.25, 0.3) is 0 Å². The van der Waals surface area contributed by atoms with E-state index in [2.05, 4.69) is 52.8 Å². The van der Waals surface area contributed by atoms with E-state index < -0.39 is 0 Å². The summed E-state index contributed by atoms with van der Waals surface area (Å²) in [6.07, 6.45) is 16.1. The van der Waals surface area contributed by atoms with Gasteiger partial charge < -0.3 is 0 Å². The molecule has 1 atom stereocenters. The van der Waals surface area contributed by atoms with Crippen molar-refractivity contribution in [2.75, 3.05) is 0 Å². The van der Waals surface area contributed by atoms with Crippen LogP contribution in [0.25, 0.3) is 0 Å². The third-order valence-corrected chi connectivity index (χ3v) is 4.73. The van der Waals surface area contributed by atoms with Crippen molar-refractivity contribution >= 4 is 0 Å². The third-order valence-electron chi connectivity index (χ3n) is 4.73. The second-order valence-electron chi connectivity index (χ2n) is 7.01. The summed E-state index contributed by atoms with van der Waals surface area (Å²) < 4.78 is 0. The van der Waals surface area contributed by atoms with Crippen LogP contribution >= 0.6 is 0 Å². The van der Waals surface area contributed by atoms with Crippen LogP contribution < -0.4 is 0 Å². The topological polar surface area (TPSA) is 0 Å². The first-order valence-corrected chi connectivity index (χ1v) is 8.46. The van der Waals surface area contributed by atoms with Gasteiger partial charge in [-0.05, 0) is 77.6 Å². The van der Waals surface area contributed by atoms with E-state index >= 15 is 0 Å². The van der Waals surface area contributed by atoms with Gasteiger partial charge in [-0.25, -0.2) is 0 Å². The zero-order chi connectivity index (χ0) is 15.0. The maximum absolute atomic E-state index is 2.46. The highest BCUT2D eigenvalue weighted by Crippen LogP contribution is 2.27. The monoisotopic (exact) mass is 274 g/mol. The van der Waals surface area contributed by atoms with Crippen LogP contribution in [0.5, 0.6) is 0 Å². The normalized spacial score (nSPS) is 23.7. The molecule has 0 saturated carbocycles. The molecule has 0 saturated heterocycles. The first-order valence-electron chi connectivity index (χ1n) is 8.46. The van der Waals surface area contributed by atoms with Crippen molar-refractivity contribution in [3.8, 4) is 0 Å². The molecule has 0 aromatic carbocycles. The van der Waals surface area contributed by atoms with Gasteiger partial charge in [-0.1, -0.05) is 48.8 Å². The van der Waals surface area contributed by atoms with Crippen molar-refractivity contribution < 1.29 is 0 Å². The summed E-state index contributed by atoms with van der Waals surface area (Å²) in [4.78, 5) is 0. The predicted octanol–water partition coefficient (Wildman–Crippen LogP) is 6.84. The number of rotatable bonds is 1. The fourth-order valence-corrected chi connectivity index (χ4v) is 2.95. The van der Waals surface area contributed by atoms with Crippen molar-refractivity contribution in [2.24, 2.45) is 11.8 Å². The highest BCUT2D eigenvalue weighted by molar-refractivity contribution is 5.08. The molecule has 0 nitrogen and oxygen atoms in total. The van der Waals surface area contributed by atoms with E-state index in [4.69, 9.17) is 0 Å². The van der Waals surface area contributed by atoms with E-state index in [9.17, 15) is 0 Å². The van der Waals surface area contributed by atoms with E-state index in [0.29, 0.717) is 0 Å². The molecule has 0 bridgehead atoms. The van der Waals surface area contributed by atoms with Gasteiger partial charge in [-0.15, -0.1) is 0 Å². The van der Waals surface area contributed by atoms with Gasteiger partial charge >= 0.3 is 0 Å². The van der Waals surface area contributed by atoms with Gasteiger partial charge in [-0.2, -0.15) is 0 Å². The Kier molecular flexibility index (Phi) is 7.95. The maximum atomic E-state index is 2.46. The molecule has 114 valence electrons. The minimum atomic E-state index is 0.811. The van der Waals surface area contributed by atoms with Crippen molar-refractivity contribution in [2.45, 2.75) is 79.6 Å². The minimum absolute atomic E-state index is 0.811. The molecule has 1 rings (SSSR count). The molecular formula is C20H34. The van der Waals surface area contributed by atoms with Gasteiger partial charge in [0.15, 0.2) is 0 Å². The first kappa shape index (κ1) is 17.3. The van der Waals surface area contributed by atoms with Crippen LogP contribution in [0.3, 0.4) is 0 Å². The Hall–Kier alpha value is -0.780. The Morgan fingerprint density at radius 3 is 1.85 bits per heavy atom. The van der Waals surface area contributed by atoms with Crippen LogP contribution in [0, 0.1) is 11.8 Å². The van der Waals surface area contributed by atoms with Crippen molar-refractivity contribution in [1.82, 2.24) is 0 Å². The van der Waals surface area contributed by atoms with Crippen molar-refractivity contribution in [3.05, 3.63) is 34.9 Å². The second kappa shape index (κ2) is 9.21. The van der Waals surface area contributed by atoms with E-state index in [0.717, 1.165) is 18.3 Å². The molecule has 1 aliphatic carbocycles. The molecular weight excluding hydrogens is 240 g/mol. The predicted molar refractivity (Wildman–Crippen MR) is 91.9 cm³/mol. The molecule has 0 aromatic heterocycles. The Labute approximate surface area is 127 Å². The van der Waals surface area contributed by atoms with E-state index in [-0.39, 0.29) is 0 Å². The quantitative estimate of drug-likeness (QED) is 0.459. The maximum Gasteiger partial charge on any atom is -0.0164 e. The molecule has 0 heteroatoms. The molecule has 0 amide bonds. The lowest BCUT2D eigenvalue weighted by Crippen LogP contribution is -2.09. The molecule has 1 unspecified atom stereocenters. The van der Waals surface area contributed by atoms with Crippen molar-refractivity contribution in [1.29, 1.82) is 0 Å². The average molecular weight is 274 g/mol. The molecule has 1 aliphatic rings. The van der Waals surface area contributed by atoms with Crippen LogP contribution in [-0.4, -0.2) is 0 Å². The van der Waals surface area contributed by atoms with Crippen LogP contribution in [0.4, 0.5) is 0 Å². The summed E-state index contributed by atoms with van der Waals surface area (Å²) in [5, 5.41) is 0. The largest absolute Gasteiger partial charge is 0.0853 e. The summed E-state index contributed by atoms with van der Waals surface area (Å²) in [6.45, 7) is 11.7. The van der Waals surface area contributed by atoms with Crippen LogP contribution in [0.2, 0.25) is 0 Å². The Balaban J connectivity index is 2.74. The lowest BCUT2D eigenvalue weighted by molar-refractivity contribution is 0.336. The van der Waals surface area contributed by atoms with Gasteiger partial charge in [0.05, 0.1) is 0 Å². The standard InChI is InChI=1S/C20H34/c1-16(2)20-14-12-18(4)10-6-8-17(3)9-7-11-19(5)13-15-20/h8,10-11,16,20H,6-7,9,12-15H2,1-5H3. The van der Waals surface area contributed by atoms with Crippen LogP contribution in [-0.2, 0) is 0 Å². The van der Waals surface area contributed by atoms with Crippen LogP contribution in [0.15, 0.2) is 34.9 Å². The second-order valence-corrected chi connectivity index (χ2v) is 7.01. The molecule has 0 aliphatic heterocycles. The van der Waals surface area contributed by atoms with Crippen molar-refractivity contribution in [3.63, 3.8) is 0 Å². The molecule has 0 heterocycles. The summed E-state index contributed by atoms with van der Waals surface area (Å²) in [7, 11) is 0. The summed E-state index contributed by atoms with van der Waals surface area (Å²) in [5.74, 6) is 1.69. The zero-order valence-electron chi connectivity index (χ0n) is 14.3. The Bertz CT molecular complexity index is 365. The lowest BCUT2D eigenvalue weighted by atomic mass is 9.85. The smallest absolute Gasteiger partial charge is 0.0164 e. The van der Waals surface area contributed by atoms with Gasteiger partial charge in [0, 0.05) is 0 Å². The van der Waals surface area contributed by atoms with Gasteiger partial charge in [0.1, 0.15) is 0 Å². The van der Waals surface area contributed by atoms with Gasteiger partial charge in [-0.3, -0.25) is 0 Å². The molecule has 0 aromatic rings. The molecule has 0 fully saturated rings. The first-order chi connectivity index (χ1) is 9.49. The Morgan fingerprint density at radius 1 is 0.800 bits per heavy atom. The van der Waals surface area contributed by atoms with Gasteiger partial charge in [0.2, 0.25) is 0 Å². The van der Waals surface area contributed by atoms with E-state index in [1.165, 1.54) is 44.1 Å². The molecule has 20 heavy (non-hydrogen) atoms. The highest BCUT2D eigenvalue weighted by atomic mass is 14.2. The SMILES string of the molecule is CC1=CCC=C(C)CCC(C(C)C)CCC(C)=CCC1. The number of hydrogen-bond acceptors (Lipinski definition) is 0. The Morgan fingerprint density at radius 2 is 1.30 bits per heavy atom. The molecule has 0 N–H and O–H groups in total. The fraction of sp³-hybridized carbons (Fsp3) is 0.700. The average Bonchev–Trinajstić information content (AvgIpc) is 2.37. The van der Waals surface area contributed by atoms with Crippen LogP contribution in [0.1, 0.15) is 79.6 Å². The highest BCUT2D eigenvalue weighted by Gasteiger charge is 2.13. The fourth-order valence-electron chi connectivity index (χ4n) is 2.95. The summed E-state index contributed by atoms with van der Waals surface area (Å²) in [5.41, 5.74) is 4.70. The number of hydrogen-bond donors (Lipinski definition) is 0. The third kappa shape index (κ3) is 7.12. The zero-order valence-corrected chi connectivity index (χ0v) is 14.3. The summed E-state index contributed by atoms with van der Waals surface area (Å²) in [6, 6.07) is 0.